The Bertz CT molecular complexity index is 681. The molecule has 1 aliphatic rings. The van der Waals surface area contributed by atoms with Gasteiger partial charge in [0.25, 0.3) is 0 Å². The molecule has 0 aromatic heterocycles. The average molecular weight is 308 g/mol. The summed E-state index contributed by atoms with van der Waals surface area (Å²) < 4.78 is 0. The Kier molecular flexibility index (Phi) is 4.77. The number of oxime groups is 1. The van der Waals surface area contributed by atoms with Crippen molar-refractivity contribution in [1.29, 1.82) is 0 Å². The molecule has 0 aliphatic heterocycles. The summed E-state index contributed by atoms with van der Waals surface area (Å²) in [5.41, 5.74) is 4.66. The first-order valence-electron chi connectivity index (χ1n) is 8.34. The topological polar surface area (TPSA) is 44.6 Å². The van der Waals surface area contributed by atoms with Crippen LogP contribution in [0.2, 0.25) is 0 Å². The molecule has 0 saturated heterocycles. The number of benzene rings is 2. The first kappa shape index (κ1) is 15.8. The minimum atomic E-state index is 0.0852. The molecule has 23 heavy (non-hydrogen) atoms. The molecular weight excluding hydrogens is 284 g/mol. The highest BCUT2D eigenvalue weighted by Crippen LogP contribution is 2.44. The molecule has 0 radical (unpaired) electrons. The third-order valence-corrected chi connectivity index (χ3v) is 5.06. The maximum atomic E-state index is 9.33. The summed E-state index contributed by atoms with van der Waals surface area (Å²) in [6.07, 6.45) is 2.93. The molecule has 1 atom stereocenters. The van der Waals surface area contributed by atoms with Gasteiger partial charge in [0.1, 0.15) is 0 Å². The molecule has 0 spiro atoms. The summed E-state index contributed by atoms with van der Waals surface area (Å²) in [6.45, 7) is 4.08. The van der Waals surface area contributed by atoms with Crippen molar-refractivity contribution in [3.05, 3.63) is 71.3 Å². The van der Waals surface area contributed by atoms with Gasteiger partial charge in [-0.1, -0.05) is 66.7 Å². The van der Waals surface area contributed by atoms with Crippen molar-refractivity contribution in [2.45, 2.75) is 38.1 Å². The van der Waals surface area contributed by atoms with Crippen LogP contribution in [0.1, 0.15) is 42.9 Å². The Labute approximate surface area is 138 Å². The molecule has 0 saturated carbocycles. The summed E-state index contributed by atoms with van der Waals surface area (Å²) in [5, 5.41) is 16.4. The zero-order valence-corrected chi connectivity index (χ0v) is 13.6. The summed E-state index contributed by atoms with van der Waals surface area (Å²) in [5.74, 6) is 0. The van der Waals surface area contributed by atoms with Crippen molar-refractivity contribution < 1.29 is 5.21 Å². The van der Waals surface area contributed by atoms with E-state index in [2.05, 4.69) is 59.9 Å². The molecular formula is C20H24N2O. The van der Waals surface area contributed by atoms with Gasteiger partial charge in [-0.2, -0.15) is 0 Å². The third-order valence-electron chi connectivity index (χ3n) is 5.06. The lowest BCUT2D eigenvalue weighted by molar-refractivity contribution is 0.315. The lowest BCUT2D eigenvalue weighted by atomic mass is 9.76. The highest BCUT2D eigenvalue weighted by molar-refractivity contribution is 6.05. The molecule has 2 aromatic rings. The Morgan fingerprint density at radius 1 is 1.09 bits per heavy atom. The molecule has 120 valence electrons. The highest BCUT2D eigenvalue weighted by Gasteiger charge is 2.40. The molecule has 0 heterocycles. The van der Waals surface area contributed by atoms with Crippen molar-refractivity contribution in [3.63, 3.8) is 0 Å². The van der Waals surface area contributed by atoms with E-state index >= 15 is 0 Å². The normalized spacial score (nSPS) is 21.5. The zero-order valence-electron chi connectivity index (χ0n) is 13.6. The second-order valence-electron chi connectivity index (χ2n) is 6.32. The van der Waals surface area contributed by atoms with Gasteiger partial charge in [0.2, 0.25) is 0 Å². The predicted octanol–water partition coefficient (Wildman–Crippen LogP) is 4.10. The van der Waals surface area contributed by atoms with Crippen LogP contribution in [0.3, 0.4) is 0 Å². The van der Waals surface area contributed by atoms with Gasteiger partial charge in [-0.05, 0) is 30.5 Å². The predicted molar refractivity (Wildman–Crippen MR) is 94.1 cm³/mol. The van der Waals surface area contributed by atoms with Crippen LogP contribution in [0, 0.1) is 0 Å². The zero-order chi connectivity index (χ0) is 16.1. The van der Waals surface area contributed by atoms with Crippen LogP contribution >= 0.6 is 0 Å². The standard InChI is InChI=1S/C20H24N2O/c1-2-20(12-13-21-15-16-8-4-3-5-9-16)14-19(22-23)17-10-6-7-11-18(17)20/h3-11,21,23H,2,12-15H2,1H3/b22-19-. The fourth-order valence-electron chi connectivity index (χ4n) is 3.67. The Morgan fingerprint density at radius 3 is 2.57 bits per heavy atom. The maximum Gasteiger partial charge on any atom is 0.0879 e. The second-order valence-corrected chi connectivity index (χ2v) is 6.32. The van der Waals surface area contributed by atoms with Crippen LogP contribution in [0.5, 0.6) is 0 Å². The number of rotatable bonds is 6. The number of hydrogen-bond acceptors (Lipinski definition) is 3. The number of hydrogen-bond donors (Lipinski definition) is 2. The lowest BCUT2D eigenvalue weighted by Crippen LogP contribution is -2.28. The maximum absolute atomic E-state index is 9.33. The molecule has 1 unspecified atom stereocenters. The number of nitrogens with one attached hydrogen (secondary N) is 1. The molecule has 0 fully saturated rings. The van der Waals surface area contributed by atoms with Crippen LogP contribution < -0.4 is 5.32 Å². The van der Waals surface area contributed by atoms with E-state index in [1.807, 2.05) is 12.1 Å². The minimum Gasteiger partial charge on any atom is -0.411 e. The van der Waals surface area contributed by atoms with E-state index in [4.69, 9.17) is 0 Å². The van der Waals surface area contributed by atoms with Crippen molar-refractivity contribution in [2.75, 3.05) is 6.54 Å². The van der Waals surface area contributed by atoms with Crippen LogP contribution in [-0.4, -0.2) is 17.5 Å². The summed E-state index contributed by atoms with van der Waals surface area (Å²) in [6, 6.07) is 18.8. The Balaban J connectivity index is 1.68. The van der Waals surface area contributed by atoms with E-state index in [9.17, 15) is 5.21 Å². The lowest BCUT2D eigenvalue weighted by Gasteiger charge is -2.29. The van der Waals surface area contributed by atoms with E-state index in [-0.39, 0.29) is 5.41 Å². The Morgan fingerprint density at radius 2 is 1.83 bits per heavy atom. The van der Waals surface area contributed by atoms with Crippen molar-refractivity contribution in [1.82, 2.24) is 5.32 Å². The molecule has 2 N–H and O–H groups in total. The van der Waals surface area contributed by atoms with Gasteiger partial charge in [0.15, 0.2) is 0 Å². The quantitative estimate of drug-likeness (QED) is 0.479. The van der Waals surface area contributed by atoms with E-state index in [1.165, 1.54) is 11.1 Å². The van der Waals surface area contributed by atoms with Gasteiger partial charge in [0.05, 0.1) is 5.71 Å². The average Bonchev–Trinajstić information content (AvgIpc) is 2.94. The van der Waals surface area contributed by atoms with E-state index in [1.54, 1.807) is 0 Å². The van der Waals surface area contributed by atoms with E-state index in [0.29, 0.717) is 0 Å². The van der Waals surface area contributed by atoms with Gasteiger partial charge < -0.3 is 10.5 Å². The van der Waals surface area contributed by atoms with Gasteiger partial charge in [0, 0.05) is 23.9 Å². The van der Waals surface area contributed by atoms with E-state index < -0.39 is 0 Å². The van der Waals surface area contributed by atoms with Crippen molar-refractivity contribution in [2.24, 2.45) is 5.16 Å². The smallest absolute Gasteiger partial charge is 0.0879 e. The first-order valence-corrected chi connectivity index (χ1v) is 8.34. The van der Waals surface area contributed by atoms with Crippen LogP contribution in [-0.2, 0) is 12.0 Å². The Hall–Kier alpha value is -2.13. The fourth-order valence-corrected chi connectivity index (χ4v) is 3.67. The summed E-state index contributed by atoms with van der Waals surface area (Å²) >= 11 is 0. The van der Waals surface area contributed by atoms with Gasteiger partial charge in [-0.3, -0.25) is 0 Å². The summed E-state index contributed by atoms with van der Waals surface area (Å²) in [7, 11) is 0. The third kappa shape index (κ3) is 3.15. The van der Waals surface area contributed by atoms with E-state index in [0.717, 1.165) is 43.6 Å². The molecule has 0 amide bonds. The van der Waals surface area contributed by atoms with Crippen molar-refractivity contribution in [3.8, 4) is 0 Å². The van der Waals surface area contributed by atoms with Gasteiger partial charge in [-0.15, -0.1) is 0 Å². The highest BCUT2D eigenvalue weighted by atomic mass is 16.4. The number of fused-ring (bicyclic) bond motifs is 1. The minimum absolute atomic E-state index is 0.0852. The fraction of sp³-hybridized carbons (Fsp3) is 0.350. The van der Waals surface area contributed by atoms with Gasteiger partial charge >= 0.3 is 0 Å². The van der Waals surface area contributed by atoms with Crippen LogP contribution in [0.25, 0.3) is 0 Å². The SMILES string of the molecule is CCC1(CCNCc2ccccc2)C/C(=N/O)c2ccccc21. The summed E-state index contributed by atoms with van der Waals surface area (Å²) in [4.78, 5) is 0. The molecule has 3 rings (SSSR count). The first-order chi connectivity index (χ1) is 11.3. The van der Waals surface area contributed by atoms with Gasteiger partial charge in [-0.25, -0.2) is 0 Å². The molecule has 1 aliphatic carbocycles. The van der Waals surface area contributed by atoms with Crippen molar-refractivity contribution >= 4 is 5.71 Å². The largest absolute Gasteiger partial charge is 0.411 e. The molecule has 3 heteroatoms. The monoisotopic (exact) mass is 308 g/mol. The second kappa shape index (κ2) is 6.97. The molecule has 2 aromatic carbocycles. The van der Waals surface area contributed by atoms with Crippen LogP contribution in [0.15, 0.2) is 59.8 Å². The molecule has 0 bridgehead atoms. The molecule has 3 nitrogen and oxygen atoms in total. The number of nitrogens with zero attached hydrogens (tertiary/aromatic N) is 1. The van der Waals surface area contributed by atoms with Crippen LogP contribution in [0.4, 0.5) is 0 Å².